The molecule has 0 bridgehead atoms. The Morgan fingerprint density at radius 1 is 0.963 bits per heavy atom. The van der Waals surface area contributed by atoms with Crippen LogP contribution in [0.4, 0.5) is 5.69 Å². The summed E-state index contributed by atoms with van der Waals surface area (Å²) >= 11 is 0. The van der Waals surface area contributed by atoms with Crippen molar-refractivity contribution in [2.24, 2.45) is 0 Å². The van der Waals surface area contributed by atoms with E-state index in [1.807, 2.05) is 48.5 Å². The third-order valence-electron chi connectivity index (χ3n) is 4.56. The van der Waals surface area contributed by atoms with Crippen LogP contribution in [-0.4, -0.2) is 17.6 Å². The van der Waals surface area contributed by atoms with Crippen molar-refractivity contribution in [2.75, 3.05) is 12.4 Å². The highest BCUT2D eigenvalue weighted by Crippen LogP contribution is 2.23. The Morgan fingerprint density at radius 2 is 1.78 bits per heavy atom. The largest absolute Gasteiger partial charge is 0.497 e. The minimum absolute atomic E-state index is 0.0516. The van der Waals surface area contributed by atoms with Crippen LogP contribution in [0.15, 0.2) is 77.7 Å². The molecule has 0 aliphatic rings. The standard InChI is InChI=1S/C22H18N2O3/c1-27-17-9-10-19-16(13-17)11-12-24(22(19)26)14-21(25)23-20-8-4-6-15-5-2-3-7-18(15)20/h2-13H,14H2,1H3,(H,23,25). The molecule has 5 nitrogen and oxygen atoms in total. The topological polar surface area (TPSA) is 60.3 Å². The van der Waals surface area contributed by atoms with Gasteiger partial charge in [0.05, 0.1) is 7.11 Å². The molecule has 0 aliphatic heterocycles. The molecule has 1 N–H and O–H groups in total. The summed E-state index contributed by atoms with van der Waals surface area (Å²) in [6.07, 6.45) is 1.63. The van der Waals surface area contributed by atoms with Crippen molar-refractivity contribution in [1.82, 2.24) is 4.57 Å². The first-order valence-corrected chi connectivity index (χ1v) is 8.60. The number of carbonyl (C=O) groups excluding carboxylic acids is 1. The first-order chi connectivity index (χ1) is 13.2. The monoisotopic (exact) mass is 358 g/mol. The van der Waals surface area contributed by atoms with Crippen LogP contribution in [0.3, 0.4) is 0 Å². The summed E-state index contributed by atoms with van der Waals surface area (Å²) in [6.45, 7) is -0.0516. The molecule has 4 aromatic rings. The minimum Gasteiger partial charge on any atom is -0.497 e. The molecule has 134 valence electrons. The van der Waals surface area contributed by atoms with Crippen LogP contribution in [0.2, 0.25) is 0 Å². The summed E-state index contributed by atoms with van der Waals surface area (Å²) in [5.74, 6) is 0.440. The van der Waals surface area contributed by atoms with Crippen molar-refractivity contribution in [3.8, 4) is 5.75 Å². The zero-order valence-electron chi connectivity index (χ0n) is 14.8. The minimum atomic E-state index is -0.249. The molecule has 1 amide bonds. The van der Waals surface area contributed by atoms with Gasteiger partial charge in [-0.15, -0.1) is 0 Å². The fourth-order valence-electron chi connectivity index (χ4n) is 3.20. The number of amides is 1. The van der Waals surface area contributed by atoms with Gasteiger partial charge in [-0.05, 0) is 41.1 Å². The Bertz CT molecular complexity index is 1210. The van der Waals surface area contributed by atoms with E-state index in [4.69, 9.17) is 4.74 Å². The molecule has 0 saturated carbocycles. The highest BCUT2D eigenvalue weighted by Gasteiger charge is 2.10. The first-order valence-electron chi connectivity index (χ1n) is 8.60. The molecule has 0 fully saturated rings. The summed E-state index contributed by atoms with van der Waals surface area (Å²) in [4.78, 5) is 25.2. The van der Waals surface area contributed by atoms with Gasteiger partial charge in [-0.3, -0.25) is 9.59 Å². The number of pyridine rings is 1. The van der Waals surface area contributed by atoms with Crippen LogP contribution in [0.1, 0.15) is 0 Å². The number of nitrogens with zero attached hydrogens (tertiary/aromatic N) is 1. The number of methoxy groups -OCH3 is 1. The first kappa shape index (κ1) is 16.8. The van der Waals surface area contributed by atoms with Gasteiger partial charge in [0.25, 0.3) is 5.56 Å². The lowest BCUT2D eigenvalue weighted by atomic mass is 10.1. The van der Waals surface area contributed by atoms with Crippen LogP contribution in [0, 0.1) is 0 Å². The van der Waals surface area contributed by atoms with E-state index in [0.29, 0.717) is 11.1 Å². The van der Waals surface area contributed by atoms with Gasteiger partial charge >= 0.3 is 0 Å². The second-order valence-corrected chi connectivity index (χ2v) is 6.28. The van der Waals surface area contributed by atoms with Crippen LogP contribution >= 0.6 is 0 Å². The van der Waals surface area contributed by atoms with Crippen LogP contribution in [0.5, 0.6) is 5.75 Å². The summed E-state index contributed by atoms with van der Waals surface area (Å²) in [5, 5.41) is 6.26. The molecule has 0 aliphatic carbocycles. The molecule has 1 heterocycles. The predicted octanol–water partition coefficient (Wildman–Crippen LogP) is 3.80. The maximum absolute atomic E-state index is 12.7. The lowest BCUT2D eigenvalue weighted by Crippen LogP contribution is -2.27. The number of aromatic nitrogens is 1. The molecule has 27 heavy (non-hydrogen) atoms. The van der Waals surface area contributed by atoms with Gasteiger partial charge in [0.15, 0.2) is 0 Å². The van der Waals surface area contributed by atoms with Crippen molar-refractivity contribution in [1.29, 1.82) is 0 Å². The summed E-state index contributed by atoms with van der Waals surface area (Å²) in [7, 11) is 1.58. The molecule has 1 aromatic heterocycles. The molecule has 4 rings (SSSR count). The number of rotatable bonds is 4. The van der Waals surface area contributed by atoms with Crippen LogP contribution in [-0.2, 0) is 11.3 Å². The predicted molar refractivity (Wildman–Crippen MR) is 107 cm³/mol. The fraction of sp³-hybridized carbons (Fsp3) is 0.0909. The van der Waals surface area contributed by atoms with E-state index >= 15 is 0 Å². The van der Waals surface area contributed by atoms with E-state index in [9.17, 15) is 9.59 Å². The molecule has 5 heteroatoms. The van der Waals surface area contributed by atoms with Crippen LogP contribution < -0.4 is 15.6 Å². The van der Waals surface area contributed by atoms with Crippen molar-refractivity contribution >= 4 is 33.1 Å². The molecule has 0 unspecified atom stereocenters. The molecule has 0 radical (unpaired) electrons. The Hall–Kier alpha value is -3.60. The highest BCUT2D eigenvalue weighted by molar-refractivity contribution is 6.02. The van der Waals surface area contributed by atoms with E-state index in [2.05, 4.69) is 5.32 Å². The molecular formula is C22H18N2O3. The maximum atomic E-state index is 12.7. The number of hydrogen-bond donors (Lipinski definition) is 1. The normalized spacial score (nSPS) is 10.9. The molecule has 0 saturated heterocycles. The lowest BCUT2D eigenvalue weighted by molar-refractivity contribution is -0.116. The van der Waals surface area contributed by atoms with Gasteiger partial charge in [0.2, 0.25) is 5.91 Å². The van der Waals surface area contributed by atoms with Gasteiger partial charge in [0, 0.05) is 22.7 Å². The number of hydrogen-bond acceptors (Lipinski definition) is 3. The SMILES string of the molecule is COc1ccc2c(=O)n(CC(=O)Nc3cccc4ccccc34)ccc2c1. The van der Waals surface area contributed by atoms with E-state index in [0.717, 1.165) is 21.8 Å². The second kappa shape index (κ2) is 6.96. The third-order valence-corrected chi connectivity index (χ3v) is 4.56. The average Bonchev–Trinajstić information content (AvgIpc) is 2.70. The summed E-state index contributed by atoms with van der Waals surface area (Å²) in [6, 6.07) is 20.7. The summed E-state index contributed by atoms with van der Waals surface area (Å²) in [5.41, 5.74) is 0.528. The number of carbonyl (C=O) groups is 1. The van der Waals surface area contributed by atoms with Gasteiger partial charge in [-0.1, -0.05) is 36.4 Å². The van der Waals surface area contributed by atoms with Crippen LogP contribution in [0.25, 0.3) is 21.5 Å². The van der Waals surface area contributed by atoms with Gasteiger partial charge < -0.3 is 14.6 Å². The Kier molecular flexibility index (Phi) is 4.34. The molecular weight excluding hydrogens is 340 g/mol. The Morgan fingerprint density at radius 3 is 2.63 bits per heavy atom. The van der Waals surface area contributed by atoms with E-state index in [-0.39, 0.29) is 18.0 Å². The van der Waals surface area contributed by atoms with E-state index in [1.165, 1.54) is 4.57 Å². The van der Waals surface area contributed by atoms with Crippen molar-refractivity contribution in [3.05, 3.63) is 83.3 Å². The highest BCUT2D eigenvalue weighted by atomic mass is 16.5. The lowest BCUT2D eigenvalue weighted by Gasteiger charge is -2.11. The fourth-order valence-corrected chi connectivity index (χ4v) is 3.20. The van der Waals surface area contributed by atoms with Gasteiger partial charge in [0.1, 0.15) is 12.3 Å². The zero-order chi connectivity index (χ0) is 18.8. The summed E-state index contributed by atoms with van der Waals surface area (Å²) < 4.78 is 6.60. The number of ether oxygens (including phenoxy) is 1. The van der Waals surface area contributed by atoms with E-state index < -0.39 is 0 Å². The van der Waals surface area contributed by atoms with E-state index in [1.54, 1.807) is 31.5 Å². The Labute approximate surface area is 155 Å². The van der Waals surface area contributed by atoms with Gasteiger partial charge in [-0.25, -0.2) is 0 Å². The molecule has 3 aromatic carbocycles. The van der Waals surface area contributed by atoms with Crippen molar-refractivity contribution in [3.63, 3.8) is 0 Å². The number of fused-ring (bicyclic) bond motifs is 2. The molecule has 0 spiro atoms. The average molecular weight is 358 g/mol. The zero-order valence-corrected chi connectivity index (χ0v) is 14.8. The number of benzene rings is 3. The molecule has 0 atom stereocenters. The number of nitrogens with one attached hydrogen (secondary N) is 1. The van der Waals surface area contributed by atoms with Crippen molar-refractivity contribution < 1.29 is 9.53 Å². The van der Waals surface area contributed by atoms with Gasteiger partial charge in [-0.2, -0.15) is 0 Å². The maximum Gasteiger partial charge on any atom is 0.258 e. The smallest absolute Gasteiger partial charge is 0.258 e. The Balaban J connectivity index is 1.61. The third kappa shape index (κ3) is 3.27. The quantitative estimate of drug-likeness (QED) is 0.604. The second-order valence-electron chi connectivity index (χ2n) is 6.28. The number of anilines is 1. The van der Waals surface area contributed by atoms with Crippen molar-refractivity contribution in [2.45, 2.75) is 6.54 Å².